The van der Waals surface area contributed by atoms with Gasteiger partial charge in [-0.05, 0) is 37.5 Å². The van der Waals surface area contributed by atoms with Gasteiger partial charge < -0.3 is 5.32 Å². The fourth-order valence-electron chi connectivity index (χ4n) is 8.29. The molecule has 6 rings (SSSR count). The quantitative estimate of drug-likeness (QED) is 0.574. The molecule has 5 fully saturated rings. The molecule has 6 heteroatoms. The second-order valence-corrected chi connectivity index (χ2v) is 10.5. The number of Topliss-reactive ketones (excluding diaryl/α,β-unsaturated/α-hetero) is 2. The van der Waals surface area contributed by atoms with Gasteiger partial charge in [-0.1, -0.05) is 43.9 Å². The number of rotatable bonds is 2. The lowest BCUT2D eigenvalue weighted by Gasteiger charge is -2.45. The van der Waals surface area contributed by atoms with Crippen LogP contribution in [0.25, 0.3) is 0 Å². The summed E-state index contributed by atoms with van der Waals surface area (Å²) in [4.78, 5) is 39.1. The van der Waals surface area contributed by atoms with E-state index in [0.717, 1.165) is 51.4 Å². The first-order chi connectivity index (χ1) is 15.1. The van der Waals surface area contributed by atoms with Crippen molar-refractivity contribution in [2.24, 2.45) is 35.5 Å². The van der Waals surface area contributed by atoms with Gasteiger partial charge in [-0.25, -0.2) is 0 Å². The van der Waals surface area contributed by atoms with Crippen LogP contribution in [0, 0.1) is 45.6 Å². The second kappa shape index (κ2) is 7.22. The van der Waals surface area contributed by atoms with Gasteiger partial charge in [0.25, 0.3) is 5.69 Å². The zero-order chi connectivity index (χ0) is 21.3. The summed E-state index contributed by atoms with van der Waals surface area (Å²) < 4.78 is 0. The minimum absolute atomic E-state index is 0.0531. The van der Waals surface area contributed by atoms with E-state index in [9.17, 15) is 19.7 Å². The molecule has 1 heterocycles. The van der Waals surface area contributed by atoms with E-state index in [1.165, 1.54) is 0 Å². The Morgan fingerprint density at radius 1 is 0.774 bits per heavy atom. The highest BCUT2D eigenvalue weighted by molar-refractivity contribution is 5.93. The largest absolute Gasteiger partial charge is 0.309 e. The van der Waals surface area contributed by atoms with E-state index in [4.69, 9.17) is 0 Å². The monoisotopic (exact) mass is 422 g/mol. The van der Waals surface area contributed by atoms with Crippen LogP contribution >= 0.6 is 0 Å². The third kappa shape index (κ3) is 2.73. The molecule has 0 radical (unpaired) electrons. The maximum Gasteiger partial charge on any atom is 0.272 e. The van der Waals surface area contributed by atoms with Crippen molar-refractivity contribution in [3.05, 3.63) is 39.9 Å². The smallest absolute Gasteiger partial charge is 0.272 e. The summed E-state index contributed by atoms with van der Waals surface area (Å²) in [5.74, 6) is 0.242. The van der Waals surface area contributed by atoms with Crippen molar-refractivity contribution in [2.45, 2.75) is 69.4 Å². The van der Waals surface area contributed by atoms with E-state index in [1.807, 2.05) is 12.1 Å². The molecule has 4 aliphatic carbocycles. The lowest BCUT2D eigenvalue weighted by Crippen LogP contribution is -2.58. The van der Waals surface area contributed by atoms with E-state index in [2.05, 4.69) is 5.32 Å². The molecular formula is C25H30N2O4. The molecule has 8 atom stereocenters. The standard InChI is InChI=1S/C25H30N2O4/c28-24-15-9-3-1-7-13(15)22-20(24)19(17-11-5-6-12-18(17)27(30)31)21-23(26-22)14-8-2-4-10-16(14)25(21)29/h5-6,11-16,19-23,26H,1-4,7-10H2. The summed E-state index contributed by atoms with van der Waals surface area (Å²) in [6.07, 6.45) is 8.41. The minimum Gasteiger partial charge on any atom is -0.309 e. The number of fused-ring (bicyclic) bond motifs is 6. The maximum atomic E-state index is 13.7. The SMILES string of the molecule is O=C1C2CCCCC2C2NC3C4CCCCC4C(=O)C3C(c3ccccc3[N+](=O)[O-])C12. The second-order valence-electron chi connectivity index (χ2n) is 10.5. The van der Waals surface area contributed by atoms with Gasteiger partial charge in [0.15, 0.2) is 0 Å². The summed E-state index contributed by atoms with van der Waals surface area (Å²) >= 11 is 0. The molecule has 0 amide bonds. The Bertz CT molecular complexity index is 899. The summed E-state index contributed by atoms with van der Waals surface area (Å²) in [5, 5.41) is 15.8. The van der Waals surface area contributed by atoms with Crippen molar-refractivity contribution in [1.29, 1.82) is 0 Å². The average molecular weight is 423 g/mol. The molecule has 4 saturated carbocycles. The summed E-state index contributed by atoms with van der Waals surface area (Å²) in [5.41, 5.74) is 0.676. The first kappa shape index (κ1) is 19.6. The Morgan fingerprint density at radius 2 is 1.29 bits per heavy atom. The fraction of sp³-hybridized carbons (Fsp3) is 0.680. The number of benzene rings is 1. The Kier molecular flexibility index (Phi) is 4.57. The van der Waals surface area contributed by atoms with Gasteiger partial charge in [0.05, 0.1) is 4.92 Å². The van der Waals surface area contributed by atoms with Crippen LogP contribution in [0.3, 0.4) is 0 Å². The molecular weight excluding hydrogens is 392 g/mol. The Balaban J connectivity index is 1.51. The summed E-state index contributed by atoms with van der Waals surface area (Å²) in [6, 6.07) is 6.97. The number of carbonyl (C=O) groups excluding carboxylic acids is 2. The average Bonchev–Trinajstić information content (AvgIpc) is 3.25. The number of piperidine rings is 1. The van der Waals surface area contributed by atoms with Crippen LogP contribution in [-0.4, -0.2) is 28.6 Å². The molecule has 0 aromatic heterocycles. The number of ketones is 2. The molecule has 1 aliphatic heterocycles. The molecule has 164 valence electrons. The van der Waals surface area contributed by atoms with Gasteiger partial charge >= 0.3 is 0 Å². The molecule has 1 aromatic rings. The lowest BCUT2D eigenvalue weighted by atomic mass is 9.66. The molecule has 31 heavy (non-hydrogen) atoms. The third-order valence-electron chi connectivity index (χ3n) is 9.37. The first-order valence-corrected chi connectivity index (χ1v) is 12.1. The highest BCUT2D eigenvalue weighted by Gasteiger charge is 2.65. The molecule has 1 aromatic carbocycles. The fourth-order valence-corrected chi connectivity index (χ4v) is 8.29. The highest BCUT2D eigenvalue weighted by atomic mass is 16.6. The molecule has 0 spiro atoms. The van der Waals surface area contributed by atoms with Crippen LogP contribution in [0.4, 0.5) is 5.69 Å². The number of nitro groups is 1. The molecule has 8 unspecified atom stereocenters. The zero-order valence-corrected chi connectivity index (χ0v) is 17.7. The Hall–Kier alpha value is -2.08. The predicted octanol–water partition coefficient (Wildman–Crippen LogP) is 4.03. The van der Waals surface area contributed by atoms with Gasteiger partial charge in [0, 0.05) is 53.3 Å². The van der Waals surface area contributed by atoms with E-state index in [1.54, 1.807) is 12.1 Å². The van der Waals surface area contributed by atoms with E-state index >= 15 is 0 Å². The molecule has 6 nitrogen and oxygen atoms in total. The van der Waals surface area contributed by atoms with Crippen LogP contribution in [0.2, 0.25) is 0 Å². The minimum atomic E-state index is -0.367. The van der Waals surface area contributed by atoms with Gasteiger partial charge in [0.1, 0.15) is 11.6 Å². The lowest BCUT2D eigenvalue weighted by molar-refractivity contribution is -0.385. The number of hydrogen-bond donors (Lipinski definition) is 1. The van der Waals surface area contributed by atoms with Gasteiger partial charge in [-0.3, -0.25) is 19.7 Å². The maximum absolute atomic E-state index is 13.7. The van der Waals surface area contributed by atoms with Crippen molar-refractivity contribution >= 4 is 17.3 Å². The number of carbonyl (C=O) groups is 2. The first-order valence-electron chi connectivity index (χ1n) is 12.1. The number of para-hydroxylation sites is 1. The van der Waals surface area contributed by atoms with Crippen LogP contribution < -0.4 is 5.32 Å². The van der Waals surface area contributed by atoms with Crippen molar-refractivity contribution in [3.63, 3.8) is 0 Å². The zero-order valence-electron chi connectivity index (χ0n) is 17.7. The Labute approximate surface area is 182 Å². The summed E-state index contributed by atoms with van der Waals surface area (Å²) in [6.45, 7) is 0. The van der Waals surface area contributed by atoms with E-state index in [0.29, 0.717) is 17.4 Å². The van der Waals surface area contributed by atoms with Crippen LogP contribution in [0.1, 0.15) is 62.8 Å². The predicted molar refractivity (Wildman–Crippen MR) is 114 cm³/mol. The van der Waals surface area contributed by atoms with Crippen LogP contribution in [0.15, 0.2) is 24.3 Å². The van der Waals surface area contributed by atoms with Crippen molar-refractivity contribution < 1.29 is 14.5 Å². The van der Waals surface area contributed by atoms with Crippen LogP contribution in [-0.2, 0) is 9.59 Å². The number of nitrogens with zero attached hydrogens (tertiary/aromatic N) is 1. The number of hydrogen-bond acceptors (Lipinski definition) is 5. The highest BCUT2D eigenvalue weighted by Crippen LogP contribution is 2.58. The molecule has 1 saturated heterocycles. The Morgan fingerprint density at radius 3 is 1.84 bits per heavy atom. The van der Waals surface area contributed by atoms with Crippen molar-refractivity contribution in [2.75, 3.05) is 0 Å². The topological polar surface area (TPSA) is 89.3 Å². The van der Waals surface area contributed by atoms with Gasteiger partial charge in [0.2, 0.25) is 0 Å². The molecule has 0 bridgehead atoms. The normalized spacial score (nSPS) is 43.7. The van der Waals surface area contributed by atoms with Gasteiger partial charge in [-0.15, -0.1) is 0 Å². The number of nitro benzene ring substituents is 1. The summed E-state index contributed by atoms with van der Waals surface area (Å²) in [7, 11) is 0. The third-order valence-corrected chi connectivity index (χ3v) is 9.37. The van der Waals surface area contributed by atoms with E-state index < -0.39 is 0 Å². The molecule has 5 aliphatic rings. The van der Waals surface area contributed by atoms with Crippen LogP contribution in [0.5, 0.6) is 0 Å². The van der Waals surface area contributed by atoms with Crippen molar-refractivity contribution in [3.8, 4) is 0 Å². The molecule has 1 N–H and O–H groups in total. The number of nitrogens with one attached hydrogen (secondary N) is 1. The van der Waals surface area contributed by atoms with Gasteiger partial charge in [-0.2, -0.15) is 0 Å². The van der Waals surface area contributed by atoms with Crippen molar-refractivity contribution in [1.82, 2.24) is 5.32 Å². The van der Waals surface area contributed by atoms with E-state index in [-0.39, 0.29) is 63.9 Å².